The molecule has 29 heavy (non-hydrogen) atoms. The minimum atomic E-state index is -3.93. The number of hydrogen-bond donors (Lipinski definition) is 1. The van der Waals surface area contributed by atoms with E-state index in [1.165, 1.54) is 31.3 Å². The fourth-order valence-corrected chi connectivity index (χ4v) is 3.48. The maximum Gasteiger partial charge on any atom is 0.338 e. The zero-order valence-electron chi connectivity index (χ0n) is 16.2. The molecule has 0 aliphatic carbocycles. The monoisotopic (exact) mass is 422 g/mol. The van der Waals surface area contributed by atoms with Gasteiger partial charge in [-0.15, -0.1) is 0 Å². The second kappa shape index (κ2) is 10.1. The Morgan fingerprint density at radius 3 is 2.28 bits per heavy atom. The number of sulfonamides is 1. The van der Waals surface area contributed by atoms with Gasteiger partial charge >= 0.3 is 5.97 Å². The lowest BCUT2D eigenvalue weighted by molar-refractivity contribution is -0.116. The molecule has 0 radical (unpaired) electrons. The number of halogens is 1. The number of carbonyl (C=O) groups is 2. The summed E-state index contributed by atoms with van der Waals surface area (Å²) in [5.41, 5.74) is 0.766. The highest BCUT2D eigenvalue weighted by Gasteiger charge is 2.23. The van der Waals surface area contributed by atoms with Gasteiger partial charge in [0.15, 0.2) is 0 Å². The fraction of sp³-hybridized carbons (Fsp3) is 0.300. The molecule has 0 bridgehead atoms. The van der Waals surface area contributed by atoms with Crippen molar-refractivity contribution < 1.29 is 27.1 Å². The van der Waals surface area contributed by atoms with Crippen LogP contribution in [-0.2, 0) is 19.6 Å². The van der Waals surface area contributed by atoms with Crippen LogP contribution in [0.1, 0.15) is 30.1 Å². The minimum Gasteiger partial charge on any atom is -0.462 e. The van der Waals surface area contributed by atoms with Crippen LogP contribution in [0.3, 0.4) is 0 Å². The Balaban J connectivity index is 1.94. The summed E-state index contributed by atoms with van der Waals surface area (Å²) in [7, 11) is -2.67. The number of unbranched alkanes of at least 4 members (excludes halogenated alkanes) is 1. The first-order chi connectivity index (χ1) is 13.7. The van der Waals surface area contributed by atoms with Crippen LogP contribution < -0.4 is 5.32 Å². The summed E-state index contributed by atoms with van der Waals surface area (Å²) >= 11 is 0. The van der Waals surface area contributed by atoms with Crippen LogP contribution >= 0.6 is 0 Å². The van der Waals surface area contributed by atoms with Crippen LogP contribution in [0.5, 0.6) is 0 Å². The van der Waals surface area contributed by atoms with Crippen LogP contribution in [0.15, 0.2) is 53.4 Å². The molecule has 1 N–H and O–H groups in total. The second-order valence-corrected chi connectivity index (χ2v) is 8.37. The zero-order chi connectivity index (χ0) is 21.4. The highest BCUT2D eigenvalue weighted by Crippen LogP contribution is 2.15. The highest BCUT2D eigenvalue weighted by molar-refractivity contribution is 7.89. The van der Waals surface area contributed by atoms with Gasteiger partial charge in [-0.3, -0.25) is 4.79 Å². The van der Waals surface area contributed by atoms with Crippen LogP contribution in [0, 0.1) is 5.82 Å². The Bertz CT molecular complexity index is 944. The van der Waals surface area contributed by atoms with Gasteiger partial charge in [-0.05, 0) is 55.0 Å². The number of amides is 1. The first-order valence-corrected chi connectivity index (χ1v) is 10.5. The molecule has 9 heteroatoms. The Labute approximate surface area is 169 Å². The van der Waals surface area contributed by atoms with E-state index in [4.69, 9.17) is 4.74 Å². The van der Waals surface area contributed by atoms with E-state index in [0.29, 0.717) is 17.9 Å². The first kappa shape index (κ1) is 22.5. The zero-order valence-corrected chi connectivity index (χ0v) is 17.0. The van der Waals surface area contributed by atoms with E-state index in [9.17, 15) is 22.4 Å². The Kier molecular flexibility index (Phi) is 7.86. The van der Waals surface area contributed by atoms with Crippen LogP contribution in [-0.4, -0.2) is 44.8 Å². The number of nitrogens with one attached hydrogen (secondary N) is 1. The predicted octanol–water partition coefficient (Wildman–Crippen LogP) is 3.04. The molecular weight excluding hydrogens is 399 g/mol. The lowest BCUT2D eigenvalue weighted by Gasteiger charge is -2.17. The van der Waals surface area contributed by atoms with Crippen molar-refractivity contribution in [3.63, 3.8) is 0 Å². The lowest BCUT2D eigenvalue weighted by atomic mass is 10.2. The predicted molar refractivity (Wildman–Crippen MR) is 106 cm³/mol. The standard InChI is InChI=1S/C20H23FN2O5S/c1-3-4-13-28-20(25)15-5-9-17(10-6-15)22-19(24)14-23(2)29(26,27)18-11-7-16(21)8-12-18/h5-12H,3-4,13-14H2,1-2H3,(H,22,24). The van der Waals surface area contributed by atoms with Crippen molar-refractivity contribution in [1.29, 1.82) is 0 Å². The number of ether oxygens (including phenoxy) is 1. The SMILES string of the molecule is CCCCOC(=O)c1ccc(NC(=O)CN(C)S(=O)(=O)c2ccc(F)cc2)cc1. The topological polar surface area (TPSA) is 92.8 Å². The van der Waals surface area contributed by atoms with Gasteiger partial charge in [0.1, 0.15) is 5.82 Å². The number of anilines is 1. The molecule has 0 saturated carbocycles. The lowest BCUT2D eigenvalue weighted by Crippen LogP contribution is -2.35. The summed E-state index contributed by atoms with van der Waals surface area (Å²) in [5, 5.41) is 2.57. The summed E-state index contributed by atoms with van der Waals surface area (Å²) in [4.78, 5) is 23.9. The Morgan fingerprint density at radius 1 is 1.07 bits per heavy atom. The molecule has 2 aromatic carbocycles. The maximum absolute atomic E-state index is 13.0. The van der Waals surface area contributed by atoms with Gasteiger partial charge < -0.3 is 10.1 Å². The third-order valence-electron chi connectivity index (χ3n) is 4.02. The summed E-state index contributed by atoms with van der Waals surface area (Å²) < 4.78 is 43.8. The first-order valence-electron chi connectivity index (χ1n) is 9.03. The summed E-state index contributed by atoms with van der Waals surface area (Å²) in [6.45, 7) is 1.91. The maximum atomic E-state index is 13.0. The van der Waals surface area contributed by atoms with Crippen molar-refractivity contribution in [2.24, 2.45) is 0 Å². The normalized spacial score (nSPS) is 11.3. The highest BCUT2D eigenvalue weighted by atomic mass is 32.2. The molecule has 0 aromatic heterocycles. The number of carbonyl (C=O) groups excluding carboxylic acids is 2. The van der Waals surface area contributed by atoms with Crippen molar-refractivity contribution in [2.75, 3.05) is 25.5 Å². The van der Waals surface area contributed by atoms with Gasteiger partial charge in [0.05, 0.1) is 23.6 Å². The Morgan fingerprint density at radius 2 is 1.69 bits per heavy atom. The van der Waals surface area contributed by atoms with Crippen LogP contribution in [0.25, 0.3) is 0 Å². The van der Waals surface area contributed by atoms with Crippen molar-refractivity contribution >= 4 is 27.6 Å². The number of rotatable bonds is 9. The molecule has 156 valence electrons. The Hall–Kier alpha value is -2.78. The molecular formula is C20H23FN2O5S. The van der Waals surface area contributed by atoms with Gasteiger partial charge in [-0.2, -0.15) is 4.31 Å². The van der Waals surface area contributed by atoms with Crippen molar-refractivity contribution in [3.8, 4) is 0 Å². The number of hydrogen-bond acceptors (Lipinski definition) is 5. The molecule has 2 aromatic rings. The molecule has 0 aliphatic heterocycles. The molecule has 0 saturated heterocycles. The molecule has 0 heterocycles. The van der Waals surface area contributed by atoms with E-state index in [2.05, 4.69) is 5.32 Å². The van der Waals surface area contributed by atoms with Gasteiger partial charge in [0, 0.05) is 12.7 Å². The number of esters is 1. The van der Waals surface area contributed by atoms with Crippen molar-refractivity contribution in [2.45, 2.75) is 24.7 Å². The largest absolute Gasteiger partial charge is 0.462 e. The van der Waals surface area contributed by atoms with Crippen molar-refractivity contribution in [1.82, 2.24) is 4.31 Å². The molecule has 0 atom stereocenters. The molecule has 0 unspecified atom stereocenters. The minimum absolute atomic E-state index is 0.111. The smallest absolute Gasteiger partial charge is 0.338 e. The van der Waals surface area contributed by atoms with E-state index in [1.54, 1.807) is 0 Å². The van der Waals surface area contributed by atoms with Gasteiger partial charge in [-0.1, -0.05) is 13.3 Å². The molecule has 0 spiro atoms. The molecule has 0 aliphatic rings. The summed E-state index contributed by atoms with van der Waals surface area (Å²) in [6, 6.07) is 10.4. The average Bonchev–Trinajstić information content (AvgIpc) is 2.68. The van der Waals surface area contributed by atoms with Crippen LogP contribution in [0.2, 0.25) is 0 Å². The van der Waals surface area contributed by atoms with E-state index in [0.717, 1.165) is 41.4 Å². The van der Waals surface area contributed by atoms with E-state index < -0.39 is 34.3 Å². The summed E-state index contributed by atoms with van der Waals surface area (Å²) in [6.07, 6.45) is 1.71. The second-order valence-electron chi connectivity index (χ2n) is 6.33. The average molecular weight is 422 g/mol. The van der Waals surface area contributed by atoms with E-state index >= 15 is 0 Å². The van der Waals surface area contributed by atoms with Crippen LogP contribution in [0.4, 0.5) is 10.1 Å². The summed E-state index contributed by atoms with van der Waals surface area (Å²) in [5.74, 6) is -1.56. The number of benzene rings is 2. The number of likely N-dealkylation sites (N-methyl/N-ethyl adjacent to an activating group) is 1. The van der Waals surface area contributed by atoms with Gasteiger partial charge in [0.25, 0.3) is 0 Å². The third-order valence-corrected chi connectivity index (χ3v) is 5.84. The molecule has 0 fully saturated rings. The molecule has 2 rings (SSSR count). The quantitative estimate of drug-likeness (QED) is 0.495. The third kappa shape index (κ3) is 6.37. The van der Waals surface area contributed by atoms with Crippen molar-refractivity contribution in [3.05, 3.63) is 59.9 Å². The molecule has 7 nitrogen and oxygen atoms in total. The van der Waals surface area contributed by atoms with Gasteiger partial charge in [0.2, 0.25) is 15.9 Å². The molecule has 1 amide bonds. The fourth-order valence-electron chi connectivity index (χ4n) is 2.36. The van der Waals surface area contributed by atoms with E-state index in [-0.39, 0.29) is 4.90 Å². The number of nitrogens with zero attached hydrogens (tertiary/aromatic N) is 1. The van der Waals surface area contributed by atoms with Gasteiger partial charge in [-0.25, -0.2) is 17.6 Å². The van der Waals surface area contributed by atoms with E-state index in [1.807, 2.05) is 6.92 Å².